The van der Waals surface area contributed by atoms with E-state index < -0.39 is 0 Å². The number of nitrogens with one attached hydrogen (secondary N) is 3. The zero-order chi connectivity index (χ0) is 19.1. The summed E-state index contributed by atoms with van der Waals surface area (Å²) in [6.45, 7) is 4.23. The van der Waals surface area contributed by atoms with Crippen LogP contribution in [-0.2, 0) is 12.3 Å². The molecule has 0 unspecified atom stereocenters. The highest BCUT2D eigenvalue weighted by Gasteiger charge is 2.27. The van der Waals surface area contributed by atoms with Crippen molar-refractivity contribution < 1.29 is 4.92 Å². The lowest BCUT2D eigenvalue weighted by Crippen LogP contribution is -2.46. The molecule has 0 fully saturated rings. The molecule has 3 N–H and O–H groups in total. The molecule has 1 aliphatic heterocycles. The lowest BCUT2D eigenvalue weighted by Gasteiger charge is -2.28. The van der Waals surface area contributed by atoms with Crippen molar-refractivity contribution in [3.63, 3.8) is 0 Å². The van der Waals surface area contributed by atoms with Gasteiger partial charge >= 0.3 is 0 Å². The highest BCUT2D eigenvalue weighted by Crippen LogP contribution is 2.14. The fourth-order valence-corrected chi connectivity index (χ4v) is 3.73. The van der Waals surface area contributed by atoms with Crippen molar-refractivity contribution in [3.8, 4) is 0 Å². The van der Waals surface area contributed by atoms with E-state index in [1.54, 1.807) is 18.1 Å². The molecule has 0 radical (unpaired) electrons. The zero-order valence-electron chi connectivity index (χ0n) is 15.3. The first-order valence-corrected chi connectivity index (χ1v) is 9.97. The van der Waals surface area contributed by atoms with E-state index in [1.807, 2.05) is 42.2 Å². The van der Waals surface area contributed by atoms with E-state index in [1.165, 1.54) is 0 Å². The maximum Gasteiger partial charge on any atom is 0.299 e. The topological polar surface area (TPSA) is 99.1 Å². The average Bonchev–Trinajstić information content (AvgIpc) is 3.08. The fourth-order valence-electron chi connectivity index (χ4n) is 2.86. The molecule has 1 aromatic heterocycles. The molecule has 144 valence electrons. The first-order valence-electron chi connectivity index (χ1n) is 8.81. The SMILES string of the molecule is Cc1[nH]cnc1CSCCNC1=C([N+](=O)[O-])CN(Cc2ccccc2)CN1. The Morgan fingerprint density at radius 1 is 1.37 bits per heavy atom. The minimum atomic E-state index is -0.299. The van der Waals surface area contributed by atoms with Crippen LogP contribution >= 0.6 is 11.8 Å². The van der Waals surface area contributed by atoms with Gasteiger partial charge in [0.15, 0.2) is 5.82 Å². The Morgan fingerprint density at radius 3 is 2.89 bits per heavy atom. The number of rotatable bonds is 9. The van der Waals surface area contributed by atoms with Crippen LogP contribution in [0.2, 0.25) is 0 Å². The second-order valence-electron chi connectivity index (χ2n) is 6.34. The molecular weight excluding hydrogens is 364 g/mol. The van der Waals surface area contributed by atoms with Gasteiger partial charge in [0, 0.05) is 30.3 Å². The fraction of sp³-hybridized carbons (Fsp3) is 0.389. The van der Waals surface area contributed by atoms with Gasteiger partial charge in [-0.1, -0.05) is 30.3 Å². The van der Waals surface area contributed by atoms with E-state index in [0.29, 0.717) is 32.1 Å². The van der Waals surface area contributed by atoms with Gasteiger partial charge in [0.05, 0.1) is 30.2 Å². The van der Waals surface area contributed by atoms with Crippen LogP contribution in [0.15, 0.2) is 48.2 Å². The molecule has 0 saturated carbocycles. The number of imidazole rings is 1. The van der Waals surface area contributed by atoms with Gasteiger partial charge in [-0.3, -0.25) is 15.0 Å². The lowest BCUT2D eigenvalue weighted by atomic mass is 10.2. The molecule has 1 aliphatic rings. The van der Waals surface area contributed by atoms with Gasteiger partial charge in [-0.15, -0.1) is 0 Å². The molecule has 9 heteroatoms. The van der Waals surface area contributed by atoms with Crippen molar-refractivity contribution in [2.24, 2.45) is 0 Å². The van der Waals surface area contributed by atoms with Crippen molar-refractivity contribution in [2.75, 3.05) is 25.5 Å². The smallest absolute Gasteiger partial charge is 0.299 e. The Balaban J connectivity index is 1.48. The third-order valence-corrected chi connectivity index (χ3v) is 5.30. The number of aromatic nitrogens is 2. The van der Waals surface area contributed by atoms with Gasteiger partial charge in [-0.05, 0) is 12.5 Å². The van der Waals surface area contributed by atoms with E-state index in [0.717, 1.165) is 28.5 Å². The number of aryl methyl sites for hydroxylation is 1. The number of thioether (sulfide) groups is 1. The Morgan fingerprint density at radius 2 is 2.19 bits per heavy atom. The summed E-state index contributed by atoms with van der Waals surface area (Å²) in [6.07, 6.45) is 1.70. The first-order chi connectivity index (χ1) is 13.1. The summed E-state index contributed by atoms with van der Waals surface area (Å²) in [7, 11) is 0. The van der Waals surface area contributed by atoms with E-state index >= 15 is 0 Å². The molecule has 27 heavy (non-hydrogen) atoms. The van der Waals surface area contributed by atoms with Crippen molar-refractivity contribution >= 4 is 11.8 Å². The summed E-state index contributed by atoms with van der Waals surface area (Å²) in [4.78, 5) is 20.5. The first kappa shape index (κ1) is 19.2. The van der Waals surface area contributed by atoms with Crippen molar-refractivity contribution in [3.05, 3.63) is 75.2 Å². The van der Waals surface area contributed by atoms with Gasteiger partial charge in [0.1, 0.15) is 0 Å². The quantitative estimate of drug-likeness (QED) is 0.343. The van der Waals surface area contributed by atoms with E-state index in [4.69, 9.17) is 0 Å². The molecule has 2 heterocycles. The van der Waals surface area contributed by atoms with Gasteiger partial charge in [0.25, 0.3) is 5.70 Å². The van der Waals surface area contributed by atoms with Crippen molar-refractivity contribution in [1.82, 2.24) is 25.5 Å². The molecule has 2 aromatic rings. The zero-order valence-corrected chi connectivity index (χ0v) is 16.1. The van der Waals surface area contributed by atoms with Crippen LogP contribution in [0, 0.1) is 17.0 Å². The Kier molecular flexibility index (Phi) is 6.72. The van der Waals surface area contributed by atoms with Gasteiger partial charge in [-0.25, -0.2) is 4.98 Å². The van der Waals surface area contributed by atoms with Gasteiger partial charge < -0.3 is 15.6 Å². The summed E-state index contributed by atoms with van der Waals surface area (Å²) < 4.78 is 0. The van der Waals surface area contributed by atoms with Crippen LogP contribution in [0.1, 0.15) is 17.0 Å². The summed E-state index contributed by atoms with van der Waals surface area (Å²) in [5.41, 5.74) is 3.47. The average molecular weight is 388 g/mol. The summed E-state index contributed by atoms with van der Waals surface area (Å²) in [5, 5.41) is 17.8. The van der Waals surface area contributed by atoms with Crippen molar-refractivity contribution in [1.29, 1.82) is 0 Å². The molecule has 0 bridgehead atoms. The molecule has 8 nitrogen and oxygen atoms in total. The second-order valence-corrected chi connectivity index (χ2v) is 7.45. The standard InChI is InChI=1S/C18H24N6O2S/c1-14-16(21-12-20-14)11-27-8-7-19-18-17(24(25)26)10-23(13-22-18)9-15-5-3-2-4-6-15/h2-6,12,19,22H,7-11,13H2,1H3,(H,20,21). The number of nitrogens with zero attached hydrogens (tertiary/aromatic N) is 3. The van der Waals surface area contributed by atoms with Crippen LogP contribution in [0.4, 0.5) is 0 Å². The van der Waals surface area contributed by atoms with E-state index in [2.05, 4.69) is 20.6 Å². The number of hydrogen-bond acceptors (Lipinski definition) is 7. The van der Waals surface area contributed by atoms with E-state index in [9.17, 15) is 10.1 Å². The number of aromatic amines is 1. The minimum Gasteiger partial charge on any atom is -0.366 e. The molecule has 0 spiro atoms. The predicted molar refractivity (Wildman–Crippen MR) is 106 cm³/mol. The highest BCUT2D eigenvalue weighted by atomic mass is 32.2. The van der Waals surface area contributed by atoms with Gasteiger partial charge in [0.2, 0.25) is 0 Å². The third-order valence-electron chi connectivity index (χ3n) is 4.33. The normalized spacial score (nSPS) is 14.9. The second kappa shape index (κ2) is 9.43. The molecule has 0 aliphatic carbocycles. The molecule has 0 amide bonds. The Hall–Kier alpha value is -2.52. The number of nitro groups is 1. The Bertz CT molecular complexity index is 792. The number of hydrogen-bond donors (Lipinski definition) is 3. The molecular formula is C18H24N6O2S. The van der Waals surface area contributed by atoms with Crippen LogP contribution in [0.3, 0.4) is 0 Å². The molecule has 0 saturated heterocycles. The van der Waals surface area contributed by atoms with Crippen LogP contribution in [-0.4, -0.2) is 45.3 Å². The van der Waals surface area contributed by atoms with Crippen molar-refractivity contribution in [2.45, 2.75) is 19.2 Å². The minimum absolute atomic E-state index is 0.185. The largest absolute Gasteiger partial charge is 0.366 e. The maximum atomic E-state index is 11.5. The number of benzene rings is 1. The predicted octanol–water partition coefficient (Wildman–Crippen LogP) is 2.05. The molecule has 1 aromatic carbocycles. The van der Waals surface area contributed by atoms with Crippen LogP contribution in [0.5, 0.6) is 0 Å². The monoisotopic (exact) mass is 388 g/mol. The maximum absolute atomic E-state index is 11.5. The third kappa shape index (κ3) is 5.48. The summed E-state index contributed by atoms with van der Waals surface area (Å²) >= 11 is 1.75. The Labute approximate surface area is 162 Å². The molecule has 3 rings (SSSR count). The summed E-state index contributed by atoms with van der Waals surface area (Å²) in [6, 6.07) is 9.98. The van der Waals surface area contributed by atoms with E-state index in [-0.39, 0.29) is 10.6 Å². The lowest BCUT2D eigenvalue weighted by molar-refractivity contribution is -0.431. The van der Waals surface area contributed by atoms with Crippen LogP contribution in [0.25, 0.3) is 0 Å². The highest BCUT2D eigenvalue weighted by molar-refractivity contribution is 7.98. The van der Waals surface area contributed by atoms with Crippen LogP contribution < -0.4 is 10.6 Å². The molecule has 0 atom stereocenters. The number of H-pyrrole nitrogens is 1. The van der Waals surface area contributed by atoms with Gasteiger partial charge in [-0.2, -0.15) is 11.8 Å². The summed E-state index contributed by atoms with van der Waals surface area (Å²) in [5.74, 6) is 2.20.